The summed E-state index contributed by atoms with van der Waals surface area (Å²) in [6, 6.07) is 0. The smallest absolute Gasteiger partial charge is 0.412 e. The van der Waals surface area contributed by atoms with Crippen molar-refractivity contribution in [3.8, 4) is 0 Å². The highest BCUT2D eigenvalue weighted by Crippen LogP contribution is 2.57. The van der Waals surface area contributed by atoms with E-state index in [1.54, 1.807) is 0 Å². The average molecular weight is 322 g/mol. The first-order valence-corrected chi connectivity index (χ1v) is 7.48. The fourth-order valence-electron chi connectivity index (χ4n) is 2.26. The van der Waals surface area contributed by atoms with Gasteiger partial charge in [-0.1, -0.05) is 32.5 Å². The summed E-state index contributed by atoms with van der Waals surface area (Å²) in [6.45, 7) is 5.45. The third-order valence-electron chi connectivity index (χ3n) is 3.50. The molecule has 0 amide bonds. The Kier molecular flexibility index (Phi) is 3.80. The molecule has 1 aromatic rings. The molecular formula is C13H17F3N2O2S. The lowest BCUT2D eigenvalue weighted by molar-refractivity contribution is -0.182. The molecule has 1 aliphatic rings. The van der Waals surface area contributed by atoms with Crippen LogP contribution in [0.15, 0.2) is 11.4 Å². The van der Waals surface area contributed by atoms with Gasteiger partial charge in [-0.15, -0.1) is 0 Å². The molecule has 0 radical (unpaired) electrons. The largest absolute Gasteiger partial charge is 0.481 e. The molecule has 1 saturated carbocycles. The van der Waals surface area contributed by atoms with Crippen molar-refractivity contribution in [2.75, 3.05) is 5.75 Å². The van der Waals surface area contributed by atoms with Crippen molar-refractivity contribution in [1.82, 2.24) is 9.55 Å². The zero-order chi connectivity index (χ0) is 16.1. The molecule has 8 heteroatoms. The molecule has 1 aliphatic carbocycles. The van der Waals surface area contributed by atoms with Crippen molar-refractivity contribution in [1.29, 1.82) is 0 Å². The number of carboxylic acid groups (broad SMARTS) is 1. The summed E-state index contributed by atoms with van der Waals surface area (Å²) >= 11 is 0.827. The summed E-state index contributed by atoms with van der Waals surface area (Å²) in [4.78, 5) is 14.7. The monoisotopic (exact) mass is 322 g/mol. The topological polar surface area (TPSA) is 55.1 Å². The Labute approximate surface area is 124 Å². The first-order chi connectivity index (χ1) is 9.49. The molecular weight excluding hydrogens is 305 g/mol. The van der Waals surface area contributed by atoms with Gasteiger partial charge in [0.2, 0.25) is 0 Å². The molecule has 1 aromatic heterocycles. The summed E-state index contributed by atoms with van der Waals surface area (Å²) < 4.78 is 41.5. The number of aliphatic carboxylic acids is 1. The van der Waals surface area contributed by atoms with Gasteiger partial charge < -0.3 is 9.67 Å². The number of hydrogen-bond acceptors (Lipinski definition) is 3. The lowest BCUT2D eigenvalue weighted by atomic mass is 9.92. The van der Waals surface area contributed by atoms with E-state index in [-0.39, 0.29) is 23.8 Å². The number of imidazole rings is 1. The Morgan fingerprint density at radius 1 is 1.43 bits per heavy atom. The molecule has 2 rings (SSSR count). The predicted octanol–water partition coefficient (Wildman–Crippen LogP) is 3.41. The van der Waals surface area contributed by atoms with Gasteiger partial charge in [-0.05, 0) is 12.8 Å². The molecule has 0 atom stereocenters. The van der Waals surface area contributed by atoms with Gasteiger partial charge in [0.25, 0.3) is 0 Å². The van der Waals surface area contributed by atoms with E-state index in [1.165, 1.54) is 10.8 Å². The quantitative estimate of drug-likeness (QED) is 0.863. The zero-order valence-electron chi connectivity index (χ0n) is 12.0. The maximum absolute atomic E-state index is 13.4. The van der Waals surface area contributed by atoms with Crippen LogP contribution in [0.5, 0.6) is 0 Å². The second-order valence-corrected chi connectivity index (χ2v) is 7.17. The molecule has 0 saturated heterocycles. The van der Waals surface area contributed by atoms with E-state index in [4.69, 9.17) is 5.11 Å². The van der Waals surface area contributed by atoms with E-state index >= 15 is 0 Å². The minimum atomic E-state index is -4.37. The van der Waals surface area contributed by atoms with Crippen LogP contribution in [-0.4, -0.2) is 32.6 Å². The van der Waals surface area contributed by atoms with Gasteiger partial charge >= 0.3 is 12.1 Å². The van der Waals surface area contributed by atoms with Gasteiger partial charge in [-0.3, -0.25) is 4.79 Å². The van der Waals surface area contributed by atoms with Gasteiger partial charge in [-0.25, -0.2) is 4.98 Å². The summed E-state index contributed by atoms with van der Waals surface area (Å²) in [6.07, 6.45) is -2.92. The number of aromatic nitrogens is 2. The zero-order valence-corrected chi connectivity index (χ0v) is 12.8. The van der Waals surface area contributed by atoms with Crippen molar-refractivity contribution >= 4 is 17.7 Å². The van der Waals surface area contributed by atoms with Crippen LogP contribution >= 0.6 is 11.8 Å². The minimum absolute atomic E-state index is 0.0105. The van der Waals surface area contributed by atoms with Crippen LogP contribution in [-0.2, 0) is 15.7 Å². The SMILES string of the molecule is CC(C)(C)c1cnc(SCC(=O)O)n1C1(C(F)(F)F)CC1. The maximum atomic E-state index is 13.4. The van der Waals surface area contributed by atoms with Crippen LogP contribution in [0.25, 0.3) is 0 Å². The summed E-state index contributed by atoms with van der Waals surface area (Å²) in [5.74, 6) is -1.39. The summed E-state index contributed by atoms with van der Waals surface area (Å²) in [7, 11) is 0. The van der Waals surface area contributed by atoms with Crippen LogP contribution in [0.1, 0.15) is 39.3 Å². The fraction of sp³-hybridized carbons (Fsp3) is 0.692. The Hall–Kier alpha value is -1.18. The van der Waals surface area contributed by atoms with Gasteiger partial charge in [-0.2, -0.15) is 13.2 Å². The molecule has 0 aromatic carbocycles. The molecule has 0 spiro atoms. The van der Waals surface area contributed by atoms with Crippen LogP contribution in [0.3, 0.4) is 0 Å². The molecule has 21 heavy (non-hydrogen) atoms. The normalized spacial score (nSPS) is 17.8. The standard InChI is InChI=1S/C13H17F3N2O2S/c1-11(2,3)8-6-17-10(21-7-9(19)20)18(8)12(4-5-12)13(14,15)16/h6H,4-5,7H2,1-3H3,(H,19,20). The Morgan fingerprint density at radius 2 is 2.00 bits per heavy atom. The van der Waals surface area contributed by atoms with E-state index in [0.29, 0.717) is 5.69 Å². The van der Waals surface area contributed by atoms with E-state index < -0.39 is 23.1 Å². The minimum Gasteiger partial charge on any atom is -0.481 e. The van der Waals surface area contributed by atoms with Crippen molar-refractivity contribution in [3.63, 3.8) is 0 Å². The van der Waals surface area contributed by atoms with Crippen molar-refractivity contribution in [2.24, 2.45) is 0 Å². The Morgan fingerprint density at radius 3 is 2.38 bits per heavy atom. The van der Waals surface area contributed by atoms with Crippen LogP contribution in [0.4, 0.5) is 13.2 Å². The number of halogens is 3. The molecule has 1 N–H and O–H groups in total. The number of carboxylic acids is 1. The lowest BCUT2D eigenvalue weighted by Crippen LogP contribution is -2.38. The first kappa shape index (κ1) is 16.2. The number of hydrogen-bond donors (Lipinski definition) is 1. The summed E-state index contributed by atoms with van der Waals surface area (Å²) in [5, 5.41) is 8.85. The van der Waals surface area contributed by atoms with Crippen LogP contribution in [0.2, 0.25) is 0 Å². The number of thioether (sulfide) groups is 1. The van der Waals surface area contributed by atoms with Crippen LogP contribution in [0, 0.1) is 0 Å². The molecule has 0 aliphatic heterocycles. The third kappa shape index (κ3) is 2.90. The van der Waals surface area contributed by atoms with Gasteiger partial charge in [0.05, 0.1) is 5.75 Å². The second kappa shape index (κ2) is 4.93. The van der Waals surface area contributed by atoms with E-state index in [0.717, 1.165) is 11.8 Å². The molecule has 0 bridgehead atoms. The van der Waals surface area contributed by atoms with Crippen molar-refractivity contribution in [3.05, 3.63) is 11.9 Å². The second-order valence-electron chi connectivity index (χ2n) is 6.22. The van der Waals surface area contributed by atoms with Crippen LogP contribution < -0.4 is 0 Å². The molecule has 0 unspecified atom stereocenters. The number of carbonyl (C=O) groups is 1. The van der Waals surface area contributed by atoms with E-state index in [1.807, 2.05) is 20.8 Å². The highest BCUT2D eigenvalue weighted by molar-refractivity contribution is 7.99. The van der Waals surface area contributed by atoms with Gasteiger partial charge in [0, 0.05) is 17.3 Å². The third-order valence-corrected chi connectivity index (χ3v) is 4.44. The van der Waals surface area contributed by atoms with Gasteiger partial charge in [0.15, 0.2) is 5.16 Å². The molecule has 118 valence electrons. The van der Waals surface area contributed by atoms with Crippen molar-refractivity contribution in [2.45, 2.75) is 55.9 Å². The lowest BCUT2D eigenvalue weighted by Gasteiger charge is -2.29. The highest BCUT2D eigenvalue weighted by atomic mass is 32.2. The highest BCUT2D eigenvalue weighted by Gasteiger charge is 2.66. The van der Waals surface area contributed by atoms with Gasteiger partial charge in [0.1, 0.15) is 5.54 Å². The Balaban J connectivity index is 2.50. The number of alkyl halides is 3. The van der Waals surface area contributed by atoms with Crippen molar-refractivity contribution < 1.29 is 23.1 Å². The maximum Gasteiger partial charge on any atom is 0.412 e. The molecule has 4 nitrogen and oxygen atoms in total. The average Bonchev–Trinajstić information content (AvgIpc) is 2.99. The molecule has 1 heterocycles. The number of rotatable bonds is 4. The fourth-order valence-corrected chi connectivity index (χ4v) is 3.04. The summed E-state index contributed by atoms with van der Waals surface area (Å²) in [5.41, 5.74) is -1.95. The van der Waals surface area contributed by atoms with E-state index in [9.17, 15) is 18.0 Å². The van der Waals surface area contributed by atoms with E-state index in [2.05, 4.69) is 4.98 Å². The Bertz CT molecular complexity index is 557. The predicted molar refractivity (Wildman–Crippen MR) is 72.5 cm³/mol. The number of nitrogens with zero attached hydrogens (tertiary/aromatic N) is 2. The first-order valence-electron chi connectivity index (χ1n) is 6.49. The molecule has 1 fully saturated rings.